The Labute approximate surface area is 121 Å². The van der Waals surface area contributed by atoms with Crippen molar-refractivity contribution in [2.24, 2.45) is 0 Å². The molecular weight excluding hydrogens is 254 g/mol. The van der Waals surface area contributed by atoms with E-state index in [0.29, 0.717) is 19.0 Å². The van der Waals surface area contributed by atoms with E-state index in [1.807, 2.05) is 32.8 Å². The molecule has 1 heterocycles. The standard InChI is InChI=1S/C14H27N5O/c1-6-7-15-13-16-8-11(2)12(18-13)17-9-14(3,20)10-19(4)5/h8,20H,6-7,9-10H2,1-5H3,(H2,15,16,17,18). The van der Waals surface area contributed by atoms with Gasteiger partial charge in [-0.1, -0.05) is 6.92 Å². The van der Waals surface area contributed by atoms with Gasteiger partial charge in [-0.2, -0.15) is 4.98 Å². The van der Waals surface area contributed by atoms with Crippen molar-refractivity contribution in [2.75, 3.05) is 44.4 Å². The molecule has 1 aromatic heterocycles. The average molecular weight is 281 g/mol. The first-order chi connectivity index (χ1) is 9.34. The van der Waals surface area contributed by atoms with E-state index < -0.39 is 5.60 Å². The minimum atomic E-state index is -0.808. The van der Waals surface area contributed by atoms with E-state index in [1.165, 1.54) is 0 Å². The van der Waals surface area contributed by atoms with E-state index in [2.05, 4.69) is 27.5 Å². The molecule has 0 saturated carbocycles. The molecule has 0 aliphatic rings. The fourth-order valence-electron chi connectivity index (χ4n) is 1.95. The smallest absolute Gasteiger partial charge is 0.224 e. The Morgan fingerprint density at radius 3 is 2.65 bits per heavy atom. The number of anilines is 2. The normalized spacial score (nSPS) is 14.2. The van der Waals surface area contributed by atoms with Gasteiger partial charge in [0.1, 0.15) is 5.82 Å². The second kappa shape index (κ2) is 7.40. The third-order valence-corrected chi connectivity index (χ3v) is 2.80. The van der Waals surface area contributed by atoms with Gasteiger partial charge in [-0.15, -0.1) is 0 Å². The van der Waals surface area contributed by atoms with Crippen molar-refractivity contribution in [2.45, 2.75) is 32.8 Å². The van der Waals surface area contributed by atoms with Crippen LogP contribution in [0, 0.1) is 6.92 Å². The maximum Gasteiger partial charge on any atom is 0.224 e. The molecule has 1 unspecified atom stereocenters. The first kappa shape index (κ1) is 16.7. The van der Waals surface area contributed by atoms with Crippen molar-refractivity contribution in [1.29, 1.82) is 0 Å². The lowest BCUT2D eigenvalue weighted by molar-refractivity contribution is 0.0459. The number of rotatable bonds is 8. The Balaban J connectivity index is 2.66. The van der Waals surface area contributed by atoms with Crippen LogP contribution in [0.15, 0.2) is 6.20 Å². The quantitative estimate of drug-likeness (QED) is 0.667. The van der Waals surface area contributed by atoms with Crippen molar-refractivity contribution in [3.05, 3.63) is 11.8 Å². The summed E-state index contributed by atoms with van der Waals surface area (Å²) in [5.41, 5.74) is 0.158. The zero-order valence-corrected chi connectivity index (χ0v) is 13.2. The molecule has 0 aliphatic heterocycles. The molecule has 1 atom stereocenters. The van der Waals surface area contributed by atoms with Gasteiger partial charge in [0, 0.05) is 31.4 Å². The summed E-state index contributed by atoms with van der Waals surface area (Å²) in [5.74, 6) is 1.38. The number of likely N-dealkylation sites (N-methyl/N-ethyl adjacent to an activating group) is 1. The molecule has 0 aromatic carbocycles. The first-order valence-electron chi connectivity index (χ1n) is 7.02. The number of aryl methyl sites for hydroxylation is 1. The lowest BCUT2D eigenvalue weighted by Crippen LogP contribution is -2.43. The largest absolute Gasteiger partial charge is 0.387 e. The molecule has 114 valence electrons. The molecule has 0 spiro atoms. The summed E-state index contributed by atoms with van der Waals surface area (Å²) in [7, 11) is 3.88. The summed E-state index contributed by atoms with van der Waals surface area (Å²) in [6.45, 7) is 7.74. The van der Waals surface area contributed by atoms with Gasteiger partial charge < -0.3 is 20.6 Å². The zero-order chi connectivity index (χ0) is 15.2. The number of hydrogen-bond acceptors (Lipinski definition) is 6. The van der Waals surface area contributed by atoms with Gasteiger partial charge in [0.25, 0.3) is 0 Å². The van der Waals surface area contributed by atoms with Crippen molar-refractivity contribution >= 4 is 11.8 Å². The Morgan fingerprint density at radius 2 is 2.05 bits per heavy atom. The number of nitrogens with one attached hydrogen (secondary N) is 2. The Bertz CT molecular complexity index is 420. The minimum Gasteiger partial charge on any atom is -0.387 e. The fraction of sp³-hybridized carbons (Fsp3) is 0.714. The van der Waals surface area contributed by atoms with Crippen molar-refractivity contribution in [3.63, 3.8) is 0 Å². The van der Waals surface area contributed by atoms with Gasteiger partial charge in [-0.3, -0.25) is 0 Å². The zero-order valence-electron chi connectivity index (χ0n) is 13.2. The van der Waals surface area contributed by atoms with E-state index >= 15 is 0 Å². The van der Waals surface area contributed by atoms with E-state index in [1.54, 1.807) is 6.20 Å². The maximum absolute atomic E-state index is 10.3. The molecule has 1 aromatic rings. The highest BCUT2D eigenvalue weighted by Crippen LogP contribution is 2.14. The molecule has 20 heavy (non-hydrogen) atoms. The predicted molar refractivity (Wildman–Crippen MR) is 83.2 cm³/mol. The molecule has 0 saturated heterocycles. The molecule has 0 fully saturated rings. The van der Waals surface area contributed by atoms with Crippen LogP contribution in [0.1, 0.15) is 25.8 Å². The van der Waals surface area contributed by atoms with Crippen LogP contribution in [0.25, 0.3) is 0 Å². The number of hydrogen-bond donors (Lipinski definition) is 3. The first-order valence-corrected chi connectivity index (χ1v) is 7.02. The third-order valence-electron chi connectivity index (χ3n) is 2.80. The average Bonchev–Trinajstić information content (AvgIpc) is 2.34. The van der Waals surface area contributed by atoms with Gasteiger partial charge in [0.15, 0.2) is 0 Å². The van der Waals surface area contributed by atoms with Gasteiger partial charge in [0.2, 0.25) is 5.95 Å². The summed E-state index contributed by atoms with van der Waals surface area (Å²) in [5, 5.41) is 16.7. The predicted octanol–water partition coefficient (Wildman–Crippen LogP) is 1.33. The minimum absolute atomic E-state index is 0.441. The van der Waals surface area contributed by atoms with Crippen LogP contribution in [0.4, 0.5) is 11.8 Å². The Kier molecular flexibility index (Phi) is 6.16. The van der Waals surface area contributed by atoms with Crippen molar-refractivity contribution in [1.82, 2.24) is 14.9 Å². The summed E-state index contributed by atoms with van der Waals surface area (Å²) in [6, 6.07) is 0. The molecule has 6 nitrogen and oxygen atoms in total. The highest BCUT2D eigenvalue weighted by molar-refractivity contribution is 5.46. The fourth-order valence-corrected chi connectivity index (χ4v) is 1.95. The van der Waals surface area contributed by atoms with E-state index in [-0.39, 0.29) is 0 Å². The second-order valence-electron chi connectivity index (χ2n) is 5.74. The van der Waals surface area contributed by atoms with E-state index in [4.69, 9.17) is 0 Å². The summed E-state index contributed by atoms with van der Waals surface area (Å²) in [4.78, 5) is 10.6. The van der Waals surface area contributed by atoms with Gasteiger partial charge in [-0.05, 0) is 34.4 Å². The Morgan fingerprint density at radius 1 is 1.35 bits per heavy atom. The highest BCUT2D eigenvalue weighted by Gasteiger charge is 2.21. The topological polar surface area (TPSA) is 73.3 Å². The highest BCUT2D eigenvalue weighted by atomic mass is 16.3. The molecule has 0 amide bonds. The van der Waals surface area contributed by atoms with Crippen LogP contribution in [-0.4, -0.2) is 59.3 Å². The monoisotopic (exact) mass is 281 g/mol. The van der Waals surface area contributed by atoms with Gasteiger partial charge in [-0.25, -0.2) is 4.98 Å². The number of nitrogens with zero attached hydrogens (tertiary/aromatic N) is 3. The lowest BCUT2D eigenvalue weighted by Gasteiger charge is -2.27. The molecular formula is C14H27N5O. The van der Waals surface area contributed by atoms with Crippen LogP contribution in [0.3, 0.4) is 0 Å². The summed E-state index contributed by atoms with van der Waals surface area (Å²) < 4.78 is 0. The molecule has 6 heteroatoms. The van der Waals surface area contributed by atoms with Crippen LogP contribution >= 0.6 is 0 Å². The van der Waals surface area contributed by atoms with Crippen LogP contribution < -0.4 is 10.6 Å². The van der Waals surface area contributed by atoms with Crippen molar-refractivity contribution in [3.8, 4) is 0 Å². The number of aromatic nitrogens is 2. The van der Waals surface area contributed by atoms with E-state index in [0.717, 1.165) is 24.3 Å². The Hall–Kier alpha value is -1.40. The third kappa shape index (κ3) is 5.71. The molecule has 0 bridgehead atoms. The molecule has 1 rings (SSSR count). The van der Waals surface area contributed by atoms with Gasteiger partial charge >= 0.3 is 0 Å². The SMILES string of the molecule is CCCNc1ncc(C)c(NCC(C)(O)CN(C)C)n1. The molecule has 3 N–H and O–H groups in total. The van der Waals surface area contributed by atoms with Crippen LogP contribution in [0.2, 0.25) is 0 Å². The molecule has 0 radical (unpaired) electrons. The number of aliphatic hydroxyl groups is 1. The van der Waals surface area contributed by atoms with Gasteiger partial charge in [0.05, 0.1) is 5.60 Å². The van der Waals surface area contributed by atoms with E-state index in [9.17, 15) is 5.11 Å². The maximum atomic E-state index is 10.3. The second-order valence-corrected chi connectivity index (χ2v) is 5.74. The van der Waals surface area contributed by atoms with Crippen molar-refractivity contribution < 1.29 is 5.11 Å². The van der Waals surface area contributed by atoms with Crippen LogP contribution in [0.5, 0.6) is 0 Å². The lowest BCUT2D eigenvalue weighted by atomic mass is 10.1. The summed E-state index contributed by atoms with van der Waals surface area (Å²) >= 11 is 0. The molecule has 0 aliphatic carbocycles. The van der Waals surface area contributed by atoms with Crippen LogP contribution in [-0.2, 0) is 0 Å². The summed E-state index contributed by atoms with van der Waals surface area (Å²) in [6.07, 6.45) is 2.81.